The Balaban J connectivity index is 2.13. The maximum atomic E-state index is 5.63. The predicted molar refractivity (Wildman–Crippen MR) is 71.0 cm³/mol. The van der Waals surface area contributed by atoms with Crippen molar-refractivity contribution in [3.8, 4) is 0 Å². The van der Waals surface area contributed by atoms with Gasteiger partial charge in [0.1, 0.15) is 5.82 Å². The van der Waals surface area contributed by atoms with Crippen LogP contribution in [-0.4, -0.2) is 36.8 Å². The summed E-state index contributed by atoms with van der Waals surface area (Å²) in [5, 5.41) is 0. The summed E-state index contributed by atoms with van der Waals surface area (Å²) in [6.45, 7) is 2.77. The molecule has 5 nitrogen and oxygen atoms in total. The zero-order valence-electron chi connectivity index (χ0n) is 9.90. The van der Waals surface area contributed by atoms with Crippen LogP contribution in [0.25, 0.3) is 0 Å². The van der Waals surface area contributed by atoms with Gasteiger partial charge in [-0.05, 0) is 34.7 Å². The van der Waals surface area contributed by atoms with Gasteiger partial charge in [0.05, 0.1) is 11.1 Å². The van der Waals surface area contributed by atoms with E-state index in [2.05, 4.69) is 30.8 Å². The Kier molecular flexibility index (Phi) is 4.17. The molecule has 2 heterocycles. The number of ether oxygens (including phenoxy) is 1. The number of nitrogen functional groups attached to an aromatic ring is 1. The smallest absolute Gasteiger partial charge is 0.222 e. The molecule has 0 aromatic carbocycles. The number of rotatable bonds is 3. The van der Waals surface area contributed by atoms with Crippen molar-refractivity contribution in [3.63, 3.8) is 0 Å². The number of halogens is 1. The standard InChI is InChI=1S/C11H17BrN4O/c1-17-7-8-3-2-4-16(6-8)10-9(12)5-14-11(13)15-10/h5,8H,2-4,6-7H2,1H3,(H2,13,14,15). The fourth-order valence-corrected chi connectivity index (χ4v) is 2.66. The molecule has 1 aromatic heterocycles. The van der Waals surface area contributed by atoms with Crippen LogP contribution >= 0.6 is 15.9 Å². The summed E-state index contributed by atoms with van der Waals surface area (Å²) in [5.41, 5.74) is 5.63. The number of aromatic nitrogens is 2. The quantitative estimate of drug-likeness (QED) is 0.920. The molecule has 6 heteroatoms. The number of nitrogens with two attached hydrogens (primary N) is 1. The molecule has 2 N–H and O–H groups in total. The number of anilines is 2. The molecule has 1 aliphatic rings. The van der Waals surface area contributed by atoms with Crippen molar-refractivity contribution in [1.82, 2.24) is 9.97 Å². The van der Waals surface area contributed by atoms with Crippen LogP contribution in [0.1, 0.15) is 12.8 Å². The van der Waals surface area contributed by atoms with Crippen LogP contribution in [0.2, 0.25) is 0 Å². The lowest BCUT2D eigenvalue weighted by atomic mass is 9.99. The average molecular weight is 301 g/mol. The second kappa shape index (κ2) is 5.64. The number of hydrogen-bond donors (Lipinski definition) is 1. The van der Waals surface area contributed by atoms with Crippen LogP contribution < -0.4 is 10.6 Å². The van der Waals surface area contributed by atoms with Crippen LogP contribution in [-0.2, 0) is 4.74 Å². The van der Waals surface area contributed by atoms with Crippen LogP contribution in [0.15, 0.2) is 10.7 Å². The molecule has 0 saturated carbocycles. The molecule has 1 atom stereocenters. The largest absolute Gasteiger partial charge is 0.384 e. The number of piperidine rings is 1. The maximum absolute atomic E-state index is 5.63. The van der Waals surface area contributed by atoms with E-state index in [-0.39, 0.29) is 0 Å². The van der Waals surface area contributed by atoms with E-state index < -0.39 is 0 Å². The third-order valence-corrected chi connectivity index (χ3v) is 3.52. The lowest BCUT2D eigenvalue weighted by molar-refractivity contribution is 0.143. The molecular formula is C11H17BrN4O. The van der Waals surface area contributed by atoms with Crippen molar-refractivity contribution in [2.45, 2.75) is 12.8 Å². The summed E-state index contributed by atoms with van der Waals surface area (Å²) in [6.07, 6.45) is 4.07. The summed E-state index contributed by atoms with van der Waals surface area (Å²) in [5.74, 6) is 1.77. The lowest BCUT2D eigenvalue weighted by Gasteiger charge is -2.33. The van der Waals surface area contributed by atoms with Crippen molar-refractivity contribution in [2.24, 2.45) is 5.92 Å². The van der Waals surface area contributed by atoms with Crippen LogP contribution in [0, 0.1) is 5.92 Å². The Morgan fingerprint density at radius 1 is 1.65 bits per heavy atom. The van der Waals surface area contributed by atoms with Gasteiger partial charge in [0.25, 0.3) is 0 Å². The Morgan fingerprint density at radius 3 is 3.24 bits per heavy atom. The Labute approximate surface area is 110 Å². The first-order valence-electron chi connectivity index (χ1n) is 5.72. The van der Waals surface area contributed by atoms with Crippen molar-refractivity contribution in [1.29, 1.82) is 0 Å². The highest BCUT2D eigenvalue weighted by atomic mass is 79.9. The van der Waals surface area contributed by atoms with Crippen molar-refractivity contribution in [2.75, 3.05) is 37.4 Å². The monoisotopic (exact) mass is 300 g/mol. The van der Waals surface area contributed by atoms with Crippen molar-refractivity contribution < 1.29 is 4.74 Å². The third-order valence-electron chi connectivity index (χ3n) is 2.97. The van der Waals surface area contributed by atoms with E-state index in [9.17, 15) is 0 Å². The van der Waals surface area contributed by atoms with Crippen LogP contribution in [0.5, 0.6) is 0 Å². The van der Waals surface area contributed by atoms with Gasteiger partial charge < -0.3 is 15.4 Å². The fraction of sp³-hybridized carbons (Fsp3) is 0.636. The van der Waals surface area contributed by atoms with Gasteiger partial charge in [0, 0.05) is 26.4 Å². The van der Waals surface area contributed by atoms with E-state index >= 15 is 0 Å². The zero-order valence-corrected chi connectivity index (χ0v) is 11.5. The van der Waals surface area contributed by atoms with E-state index in [1.54, 1.807) is 13.3 Å². The van der Waals surface area contributed by atoms with Crippen molar-refractivity contribution >= 4 is 27.7 Å². The highest BCUT2D eigenvalue weighted by Crippen LogP contribution is 2.28. The Bertz CT molecular complexity index is 386. The van der Waals surface area contributed by atoms with Crippen LogP contribution in [0.4, 0.5) is 11.8 Å². The minimum atomic E-state index is 0.317. The summed E-state index contributed by atoms with van der Waals surface area (Å²) >= 11 is 3.47. The first-order chi connectivity index (χ1) is 8.20. The maximum Gasteiger partial charge on any atom is 0.222 e. The summed E-state index contributed by atoms with van der Waals surface area (Å²) in [4.78, 5) is 10.5. The van der Waals surface area contributed by atoms with Gasteiger partial charge in [-0.15, -0.1) is 0 Å². The van der Waals surface area contributed by atoms with Gasteiger partial charge in [0.2, 0.25) is 5.95 Å². The fourth-order valence-electron chi connectivity index (χ4n) is 2.22. The molecule has 0 bridgehead atoms. The zero-order chi connectivity index (χ0) is 12.3. The topological polar surface area (TPSA) is 64.3 Å². The van der Waals surface area contributed by atoms with Gasteiger partial charge in [-0.25, -0.2) is 4.98 Å². The Hall–Kier alpha value is -0.880. The van der Waals surface area contributed by atoms with E-state index in [4.69, 9.17) is 10.5 Å². The number of nitrogens with zero attached hydrogens (tertiary/aromatic N) is 3. The first-order valence-corrected chi connectivity index (χ1v) is 6.52. The van der Waals surface area contributed by atoms with E-state index in [0.29, 0.717) is 11.9 Å². The molecule has 17 heavy (non-hydrogen) atoms. The Morgan fingerprint density at radius 2 is 2.47 bits per heavy atom. The molecular weight excluding hydrogens is 284 g/mol. The molecule has 0 aliphatic carbocycles. The van der Waals surface area contributed by atoms with Gasteiger partial charge in [-0.1, -0.05) is 0 Å². The molecule has 1 unspecified atom stereocenters. The highest BCUT2D eigenvalue weighted by molar-refractivity contribution is 9.10. The van der Waals surface area contributed by atoms with E-state index in [1.165, 1.54) is 6.42 Å². The third kappa shape index (κ3) is 3.07. The molecule has 1 fully saturated rings. The summed E-state index contributed by atoms with van der Waals surface area (Å²) in [7, 11) is 1.75. The minimum absolute atomic E-state index is 0.317. The summed E-state index contributed by atoms with van der Waals surface area (Å²) < 4.78 is 6.12. The normalized spacial score (nSPS) is 20.6. The van der Waals surface area contributed by atoms with Gasteiger partial charge in [-0.2, -0.15) is 4.98 Å². The predicted octanol–water partition coefficient (Wildman–Crippen LogP) is 1.68. The average Bonchev–Trinajstić information content (AvgIpc) is 2.33. The second-order valence-corrected chi connectivity index (χ2v) is 5.16. The molecule has 0 spiro atoms. The molecule has 0 radical (unpaired) electrons. The molecule has 1 saturated heterocycles. The first kappa shape index (κ1) is 12.6. The van der Waals surface area contributed by atoms with E-state index in [0.717, 1.165) is 36.4 Å². The van der Waals surface area contributed by atoms with Gasteiger partial charge in [-0.3, -0.25) is 0 Å². The van der Waals surface area contributed by atoms with Crippen LogP contribution in [0.3, 0.4) is 0 Å². The number of hydrogen-bond acceptors (Lipinski definition) is 5. The molecule has 1 aromatic rings. The van der Waals surface area contributed by atoms with E-state index in [1.807, 2.05) is 0 Å². The lowest BCUT2D eigenvalue weighted by Crippen LogP contribution is -2.38. The molecule has 94 valence electrons. The van der Waals surface area contributed by atoms with Crippen molar-refractivity contribution in [3.05, 3.63) is 10.7 Å². The molecule has 1 aliphatic heterocycles. The van der Waals surface area contributed by atoms with Gasteiger partial charge in [0.15, 0.2) is 0 Å². The second-order valence-electron chi connectivity index (χ2n) is 4.31. The summed E-state index contributed by atoms with van der Waals surface area (Å²) in [6, 6.07) is 0. The molecule has 2 rings (SSSR count). The molecule has 0 amide bonds. The SMILES string of the molecule is COCC1CCCN(c2nc(N)ncc2Br)C1. The number of methoxy groups -OCH3 is 1. The minimum Gasteiger partial charge on any atom is -0.384 e. The van der Waals surface area contributed by atoms with Gasteiger partial charge >= 0.3 is 0 Å². The highest BCUT2D eigenvalue weighted by Gasteiger charge is 2.22.